The molecule has 21 heavy (non-hydrogen) atoms. The van der Waals surface area contributed by atoms with Gasteiger partial charge >= 0.3 is 0 Å². The summed E-state index contributed by atoms with van der Waals surface area (Å²) in [5, 5.41) is 0.754. The number of nitrogens with zero attached hydrogens (tertiary/aromatic N) is 1. The minimum Gasteiger partial charge on any atom is -0.380 e. The molecule has 1 atom stereocenters. The van der Waals surface area contributed by atoms with E-state index in [9.17, 15) is 8.42 Å². The number of fused-ring (bicyclic) bond motifs is 1. The lowest BCUT2D eigenvalue weighted by Crippen LogP contribution is -2.37. The Balaban J connectivity index is 2.13. The zero-order valence-electron chi connectivity index (χ0n) is 11.6. The van der Waals surface area contributed by atoms with E-state index in [0.29, 0.717) is 23.0 Å². The Labute approximate surface area is 133 Å². The van der Waals surface area contributed by atoms with Gasteiger partial charge in [0.1, 0.15) is 4.90 Å². The topological polar surface area (TPSA) is 46.6 Å². The van der Waals surface area contributed by atoms with Crippen LogP contribution in [0.25, 0.3) is 10.1 Å². The van der Waals surface area contributed by atoms with Crippen LogP contribution in [0, 0.1) is 0 Å². The molecule has 0 amide bonds. The Morgan fingerprint density at radius 2 is 2.19 bits per heavy atom. The van der Waals surface area contributed by atoms with Gasteiger partial charge in [0.05, 0.1) is 18.5 Å². The highest BCUT2D eigenvalue weighted by Crippen LogP contribution is 2.37. The highest BCUT2D eigenvalue weighted by molar-refractivity contribution is 7.89. The highest BCUT2D eigenvalue weighted by Gasteiger charge is 2.34. The lowest BCUT2D eigenvalue weighted by Gasteiger charge is -2.22. The normalized spacial score (nSPS) is 19.7. The van der Waals surface area contributed by atoms with Crippen molar-refractivity contribution in [1.29, 1.82) is 0 Å². The van der Waals surface area contributed by atoms with Gasteiger partial charge in [0.2, 0.25) is 10.0 Å². The van der Waals surface area contributed by atoms with E-state index in [-0.39, 0.29) is 11.9 Å². The Kier molecular flexibility index (Phi) is 4.25. The fourth-order valence-corrected chi connectivity index (χ4v) is 6.09. The molecule has 2 heterocycles. The van der Waals surface area contributed by atoms with Crippen molar-refractivity contribution >= 4 is 43.0 Å². The van der Waals surface area contributed by atoms with Crippen LogP contribution >= 0.6 is 22.9 Å². The first-order valence-electron chi connectivity index (χ1n) is 6.68. The zero-order chi connectivity index (χ0) is 15.0. The standard InChI is InChI=1S/C14H16ClNO3S2/c1-16(10-6-7-19-9-10)21(17,18)14-11-4-2-3-5-12(11)20-13(14)8-15/h2-5,10H,6-9H2,1H3. The smallest absolute Gasteiger partial charge is 0.244 e. The van der Waals surface area contributed by atoms with Gasteiger partial charge in [-0.05, 0) is 12.5 Å². The molecule has 1 aromatic heterocycles. The van der Waals surface area contributed by atoms with Crippen LogP contribution in [0.4, 0.5) is 0 Å². The number of likely N-dealkylation sites (N-methyl/N-ethyl adjacent to an activating group) is 1. The molecule has 3 rings (SSSR count). The van der Waals surface area contributed by atoms with E-state index in [1.165, 1.54) is 15.6 Å². The number of hydrogen-bond acceptors (Lipinski definition) is 4. The largest absolute Gasteiger partial charge is 0.380 e. The van der Waals surface area contributed by atoms with Gasteiger partial charge in [-0.25, -0.2) is 8.42 Å². The Morgan fingerprint density at radius 3 is 2.86 bits per heavy atom. The number of ether oxygens (including phenoxy) is 1. The molecule has 1 aromatic carbocycles. The molecule has 0 saturated carbocycles. The summed E-state index contributed by atoms with van der Waals surface area (Å²) >= 11 is 7.42. The second-order valence-corrected chi connectivity index (χ2v) is 8.36. The second-order valence-electron chi connectivity index (χ2n) is 5.02. The molecular formula is C14H16ClNO3S2. The quantitative estimate of drug-likeness (QED) is 0.800. The first kappa shape index (κ1) is 15.2. The third-order valence-electron chi connectivity index (χ3n) is 3.80. The predicted molar refractivity (Wildman–Crippen MR) is 85.6 cm³/mol. The molecule has 0 bridgehead atoms. The van der Waals surface area contributed by atoms with E-state index in [0.717, 1.165) is 16.5 Å². The number of benzene rings is 1. The van der Waals surface area contributed by atoms with Gasteiger partial charge in [-0.1, -0.05) is 18.2 Å². The number of sulfonamides is 1. The van der Waals surface area contributed by atoms with Crippen LogP contribution in [0.5, 0.6) is 0 Å². The van der Waals surface area contributed by atoms with E-state index in [2.05, 4.69) is 0 Å². The molecule has 0 spiro atoms. The monoisotopic (exact) mass is 345 g/mol. The van der Waals surface area contributed by atoms with Crippen LogP contribution in [-0.2, 0) is 20.6 Å². The minimum absolute atomic E-state index is 0.100. The summed E-state index contributed by atoms with van der Waals surface area (Å²) in [4.78, 5) is 1.05. The third-order valence-corrected chi connectivity index (χ3v) is 7.56. The molecule has 1 unspecified atom stereocenters. The summed E-state index contributed by atoms with van der Waals surface area (Å²) < 4.78 is 33.7. The molecule has 1 fully saturated rings. The van der Waals surface area contributed by atoms with Crippen molar-refractivity contribution in [2.45, 2.75) is 23.2 Å². The van der Waals surface area contributed by atoms with Crippen molar-refractivity contribution < 1.29 is 13.2 Å². The van der Waals surface area contributed by atoms with Gasteiger partial charge in [0, 0.05) is 28.6 Å². The maximum Gasteiger partial charge on any atom is 0.244 e. The first-order chi connectivity index (χ1) is 10.1. The average molecular weight is 346 g/mol. The second kappa shape index (κ2) is 5.85. The third kappa shape index (κ3) is 2.59. The van der Waals surface area contributed by atoms with E-state index in [1.54, 1.807) is 7.05 Å². The maximum atomic E-state index is 13.0. The van der Waals surface area contributed by atoms with E-state index in [1.807, 2.05) is 24.3 Å². The van der Waals surface area contributed by atoms with Crippen LogP contribution in [0.3, 0.4) is 0 Å². The first-order valence-corrected chi connectivity index (χ1v) is 9.47. The van der Waals surface area contributed by atoms with E-state index in [4.69, 9.17) is 16.3 Å². The van der Waals surface area contributed by atoms with Gasteiger partial charge in [-0.15, -0.1) is 22.9 Å². The predicted octanol–water partition coefficient (Wildman–Crippen LogP) is 3.05. The fourth-order valence-electron chi connectivity index (χ4n) is 2.59. The van der Waals surface area contributed by atoms with Gasteiger partial charge in [0.25, 0.3) is 0 Å². The molecule has 2 aromatic rings. The van der Waals surface area contributed by atoms with E-state index < -0.39 is 10.0 Å². The van der Waals surface area contributed by atoms with Gasteiger partial charge in [-0.3, -0.25) is 0 Å². The number of rotatable bonds is 4. The fraction of sp³-hybridized carbons (Fsp3) is 0.429. The lowest BCUT2D eigenvalue weighted by molar-refractivity contribution is 0.181. The number of thiophene rings is 1. The zero-order valence-corrected chi connectivity index (χ0v) is 14.0. The van der Waals surface area contributed by atoms with Crippen LogP contribution in [-0.4, -0.2) is 39.0 Å². The van der Waals surface area contributed by atoms with Crippen molar-refractivity contribution in [2.24, 2.45) is 0 Å². The molecular weight excluding hydrogens is 330 g/mol. The molecule has 1 saturated heterocycles. The molecule has 0 N–H and O–H groups in total. The molecule has 0 aliphatic carbocycles. The number of halogens is 1. The SMILES string of the molecule is CN(C1CCOC1)S(=O)(=O)c1c(CCl)sc2ccccc12. The number of alkyl halides is 1. The summed E-state index contributed by atoms with van der Waals surface area (Å²) in [5.74, 6) is 0.197. The van der Waals surface area contributed by atoms with Gasteiger partial charge in [-0.2, -0.15) is 4.31 Å². The van der Waals surface area contributed by atoms with Crippen molar-refractivity contribution in [3.8, 4) is 0 Å². The lowest BCUT2D eigenvalue weighted by atomic mass is 10.2. The Bertz CT molecular complexity index is 751. The molecule has 1 aliphatic heterocycles. The van der Waals surface area contributed by atoms with Crippen molar-refractivity contribution in [1.82, 2.24) is 4.31 Å². The summed E-state index contributed by atoms with van der Waals surface area (Å²) in [6, 6.07) is 7.42. The minimum atomic E-state index is -3.57. The van der Waals surface area contributed by atoms with Crippen LogP contribution in [0.1, 0.15) is 11.3 Å². The highest BCUT2D eigenvalue weighted by atomic mass is 35.5. The molecule has 7 heteroatoms. The summed E-state index contributed by atoms with van der Waals surface area (Å²) in [5.41, 5.74) is 0. The molecule has 4 nitrogen and oxygen atoms in total. The average Bonchev–Trinajstić information content (AvgIpc) is 3.13. The summed E-state index contributed by atoms with van der Waals surface area (Å²) in [7, 11) is -1.94. The van der Waals surface area contributed by atoms with Crippen molar-refractivity contribution in [2.75, 3.05) is 20.3 Å². The van der Waals surface area contributed by atoms with Crippen LogP contribution in [0.15, 0.2) is 29.2 Å². The van der Waals surface area contributed by atoms with Gasteiger partial charge < -0.3 is 4.74 Å². The van der Waals surface area contributed by atoms with Crippen LogP contribution in [0.2, 0.25) is 0 Å². The summed E-state index contributed by atoms with van der Waals surface area (Å²) in [6.07, 6.45) is 0.730. The Hall–Kier alpha value is -0.660. The Morgan fingerprint density at radius 1 is 1.43 bits per heavy atom. The summed E-state index contributed by atoms with van der Waals surface area (Å²) in [6.45, 7) is 1.06. The molecule has 0 radical (unpaired) electrons. The van der Waals surface area contributed by atoms with Gasteiger partial charge in [0.15, 0.2) is 0 Å². The van der Waals surface area contributed by atoms with Crippen LogP contribution < -0.4 is 0 Å². The molecule has 1 aliphatic rings. The van der Waals surface area contributed by atoms with E-state index >= 15 is 0 Å². The molecule has 114 valence electrons. The van der Waals surface area contributed by atoms with Crippen molar-refractivity contribution in [3.63, 3.8) is 0 Å². The maximum absolute atomic E-state index is 13.0. The van der Waals surface area contributed by atoms with Crippen molar-refractivity contribution in [3.05, 3.63) is 29.1 Å². The number of hydrogen-bond donors (Lipinski definition) is 0.